The van der Waals surface area contributed by atoms with Crippen molar-refractivity contribution in [2.45, 2.75) is 25.3 Å². The number of benzene rings is 1. The van der Waals surface area contributed by atoms with Crippen molar-refractivity contribution in [2.24, 2.45) is 0 Å². The zero-order valence-corrected chi connectivity index (χ0v) is 11.8. The van der Waals surface area contributed by atoms with Gasteiger partial charge in [-0.1, -0.05) is 11.6 Å². The molecule has 2 rings (SSSR count). The molecule has 0 aliphatic carbocycles. The van der Waals surface area contributed by atoms with Crippen LogP contribution in [0.2, 0.25) is 5.02 Å². The van der Waals surface area contributed by atoms with E-state index in [1.807, 2.05) is 0 Å². The molecule has 1 heterocycles. The first kappa shape index (κ1) is 14.2. The topological polar surface area (TPSA) is 50.4 Å². The predicted molar refractivity (Wildman–Crippen MR) is 76.0 cm³/mol. The third kappa shape index (κ3) is 3.85. The maximum absolute atomic E-state index is 12.1. The second kappa shape index (κ2) is 6.78. The van der Waals surface area contributed by atoms with Crippen LogP contribution in [0.1, 0.15) is 29.6 Å². The molecule has 0 aromatic heterocycles. The van der Waals surface area contributed by atoms with Crippen molar-refractivity contribution in [1.82, 2.24) is 10.6 Å². The van der Waals surface area contributed by atoms with Gasteiger partial charge in [-0.2, -0.15) is 0 Å². The first-order valence-corrected chi connectivity index (χ1v) is 6.93. The minimum absolute atomic E-state index is 0.119. The number of ether oxygens (including phenoxy) is 1. The molecule has 1 amide bonds. The highest BCUT2D eigenvalue weighted by molar-refractivity contribution is 6.30. The van der Waals surface area contributed by atoms with E-state index in [-0.39, 0.29) is 5.91 Å². The molecule has 2 N–H and O–H groups in total. The lowest BCUT2D eigenvalue weighted by molar-refractivity contribution is 0.0949. The number of hydrogen-bond acceptors (Lipinski definition) is 3. The van der Waals surface area contributed by atoms with Crippen molar-refractivity contribution in [3.05, 3.63) is 28.8 Å². The van der Waals surface area contributed by atoms with Crippen molar-refractivity contribution >= 4 is 17.5 Å². The van der Waals surface area contributed by atoms with Crippen molar-refractivity contribution < 1.29 is 9.53 Å². The zero-order chi connectivity index (χ0) is 13.7. The van der Waals surface area contributed by atoms with E-state index in [1.165, 1.54) is 20.0 Å². The summed E-state index contributed by atoms with van der Waals surface area (Å²) in [7, 11) is 1.53. The standard InChI is InChI=1S/C14H19ClN2O2/c1-19-13-9-10(15)4-5-12(13)14(18)17-8-6-11-3-2-7-16-11/h4-5,9,11,16H,2-3,6-8H2,1H3,(H,17,18)/t11-/m0/s1. The molecule has 19 heavy (non-hydrogen) atoms. The summed E-state index contributed by atoms with van der Waals surface area (Å²) in [6.07, 6.45) is 3.38. The molecular weight excluding hydrogens is 264 g/mol. The number of hydrogen-bond donors (Lipinski definition) is 2. The summed E-state index contributed by atoms with van der Waals surface area (Å²) in [5.41, 5.74) is 0.520. The van der Waals surface area contributed by atoms with Crippen LogP contribution in [0, 0.1) is 0 Å². The molecule has 5 heteroatoms. The van der Waals surface area contributed by atoms with E-state index in [0.717, 1.165) is 13.0 Å². The van der Waals surface area contributed by atoms with Crippen molar-refractivity contribution in [3.8, 4) is 5.75 Å². The Morgan fingerprint density at radius 3 is 3.11 bits per heavy atom. The van der Waals surface area contributed by atoms with E-state index in [4.69, 9.17) is 16.3 Å². The van der Waals surface area contributed by atoms with Crippen LogP contribution in [0.4, 0.5) is 0 Å². The van der Waals surface area contributed by atoms with Crippen LogP contribution in [0.5, 0.6) is 5.75 Å². The minimum atomic E-state index is -0.119. The molecule has 1 aliphatic rings. The Balaban J connectivity index is 1.88. The van der Waals surface area contributed by atoms with Gasteiger partial charge >= 0.3 is 0 Å². The summed E-state index contributed by atoms with van der Waals surface area (Å²) in [5.74, 6) is 0.385. The fourth-order valence-electron chi connectivity index (χ4n) is 2.31. The van der Waals surface area contributed by atoms with Gasteiger partial charge in [0, 0.05) is 17.6 Å². The predicted octanol–water partition coefficient (Wildman–Crippen LogP) is 2.22. The molecule has 0 spiro atoms. The summed E-state index contributed by atoms with van der Waals surface area (Å²) >= 11 is 5.87. The molecule has 1 saturated heterocycles. The highest BCUT2D eigenvalue weighted by Crippen LogP contribution is 2.22. The monoisotopic (exact) mass is 282 g/mol. The number of carbonyl (C=O) groups excluding carboxylic acids is 1. The smallest absolute Gasteiger partial charge is 0.255 e. The van der Waals surface area contributed by atoms with Crippen molar-refractivity contribution in [1.29, 1.82) is 0 Å². The molecule has 0 unspecified atom stereocenters. The zero-order valence-electron chi connectivity index (χ0n) is 11.0. The van der Waals surface area contributed by atoms with E-state index in [0.29, 0.717) is 28.9 Å². The molecule has 4 nitrogen and oxygen atoms in total. The van der Waals surface area contributed by atoms with Gasteiger partial charge in [-0.25, -0.2) is 0 Å². The first-order chi connectivity index (χ1) is 9.20. The first-order valence-electron chi connectivity index (χ1n) is 6.56. The van der Waals surface area contributed by atoms with Gasteiger partial charge < -0.3 is 15.4 Å². The van der Waals surface area contributed by atoms with Crippen molar-refractivity contribution in [2.75, 3.05) is 20.2 Å². The maximum atomic E-state index is 12.1. The van der Waals surface area contributed by atoms with Crippen LogP contribution in [0.3, 0.4) is 0 Å². The van der Waals surface area contributed by atoms with Crippen LogP contribution in [0.15, 0.2) is 18.2 Å². The second-order valence-corrected chi connectivity index (χ2v) is 5.12. The van der Waals surface area contributed by atoms with Crippen LogP contribution in [0.25, 0.3) is 0 Å². The number of amides is 1. The van der Waals surface area contributed by atoms with Gasteiger partial charge in [0.05, 0.1) is 12.7 Å². The molecular formula is C14H19ClN2O2. The Morgan fingerprint density at radius 1 is 1.58 bits per heavy atom. The number of carbonyl (C=O) groups is 1. The van der Waals surface area contributed by atoms with Gasteiger partial charge in [-0.05, 0) is 44.0 Å². The third-order valence-corrected chi connectivity index (χ3v) is 3.58. The molecule has 0 radical (unpaired) electrons. The average Bonchev–Trinajstić information content (AvgIpc) is 2.91. The quantitative estimate of drug-likeness (QED) is 0.871. The van der Waals surface area contributed by atoms with E-state index in [9.17, 15) is 4.79 Å². The molecule has 1 atom stereocenters. The summed E-state index contributed by atoms with van der Waals surface area (Å²) < 4.78 is 5.17. The summed E-state index contributed by atoms with van der Waals surface area (Å²) in [6.45, 7) is 1.76. The Labute approximate surface area is 118 Å². The number of nitrogens with one attached hydrogen (secondary N) is 2. The van der Waals surface area contributed by atoms with Gasteiger partial charge in [0.25, 0.3) is 5.91 Å². The molecule has 0 saturated carbocycles. The molecule has 1 aromatic rings. The molecule has 1 fully saturated rings. The van der Waals surface area contributed by atoms with Crippen LogP contribution in [-0.4, -0.2) is 32.1 Å². The Morgan fingerprint density at radius 2 is 2.42 bits per heavy atom. The van der Waals surface area contributed by atoms with Gasteiger partial charge in [0.15, 0.2) is 0 Å². The highest BCUT2D eigenvalue weighted by atomic mass is 35.5. The van der Waals surface area contributed by atoms with Crippen LogP contribution in [-0.2, 0) is 0 Å². The highest BCUT2D eigenvalue weighted by Gasteiger charge is 2.15. The second-order valence-electron chi connectivity index (χ2n) is 4.68. The van der Waals surface area contributed by atoms with E-state index >= 15 is 0 Å². The van der Waals surface area contributed by atoms with Crippen LogP contribution >= 0.6 is 11.6 Å². The molecule has 1 aromatic carbocycles. The van der Waals surface area contributed by atoms with E-state index in [1.54, 1.807) is 18.2 Å². The summed E-state index contributed by atoms with van der Waals surface area (Å²) in [5, 5.41) is 6.88. The van der Waals surface area contributed by atoms with Crippen LogP contribution < -0.4 is 15.4 Å². The van der Waals surface area contributed by atoms with Crippen molar-refractivity contribution in [3.63, 3.8) is 0 Å². The Bertz CT molecular complexity index is 445. The van der Waals surface area contributed by atoms with Gasteiger partial charge in [0.2, 0.25) is 0 Å². The average molecular weight is 283 g/mol. The lowest BCUT2D eigenvalue weighted by Gasteiger charge is -2.12. The minimum Gasteiger partial charge on any atom is -0.496 e. The fourth-order valence-corrected chi connectivity index (χ4v) is 2.47. The lowest BCUT2D eigenvalue weighted by atomic mass is 10.1. The fraction of sp³-hybridized carbons (Fsp3) is 0.500. The Kier molecular flexibility index (Phi) is 5.05. The number of methoxy groups -OCH3 is 1. The maximum Gasteiger partial charge on any atom is 0.255 e. The summed E-state index contributed by atoms with van der Waals surface area (Å²) in [6, 6.07) is 5.56. The number of rotatable bonds is 5. The van der Waals surface area contributed by atoms with E-state index < -0.39 is 0 Å². The Hall–Kier alpha value is -1.26. The van der Waals surface area contributed by atoms with Gasteiger partial charge in [-0.15, -0.1) is 0 Å². The SMILES string of the molecule is COc1cc(Cl)ccc1C(=O)NCC[C@@H]1CCCN1. The molecule has 0 bridgehead atoms. The van der Waals surface area contributed by atoms with Gasteiger partial charge in [-0.3, -0.25) is 4.79 Å². The molecule has 104 valence electrons. The number of halogens is 1. The lowest BCUT2D eigenvalue weighted by Crippen LogP contribution is -2.30. The van der Waals surface area contributed by atoms with E-state index in [2.05, 4.69) is 10.6 Å². The molecule has 1 aliphatic heterocycles. The summed E-state index contributed by atoms with van der Waals surface area (Å²) in [4.78, 5) is 12.1. The largest absolute Gasteiger partial charge is 0.496 e. The normalized spacial score (nSPS) is 18.3. The van der Waals surface area contributed by atoms with Gasteiger partial charge in [0.1, 0.15) is 5.75 Å². The third-order valence-electron chi connectivity index (χ3n) is 3.35.